The van der Waals surface area contributed by atoms with E-state index in [-0.39, 0.29) is 6.42 Å². The number of fused-ring (bicyclic) bond motifs is 1. The number of hydrogen-bond acceptors (Lipinski definition) is 5. The summed E-state index contributed by atoms with van der Waals surface area (Å²) in [7, 11) is 0. The van der Waals surface area contributed by atoms with Gasteiger partial charge in [0.15, 0.2) is 10.8 Å². The molecule has 2 rings (SSSR count). The molecular formula is C16H12Cl3N5O. The lowest BCUT2D eigenvalue weighted by molar-refractivity contribution is -0.121. The number of halogens is 3. The smallest absolute Gasteiger partial charge is 0.272 e. The van der Waals surface area contributed by atoms with Crippen molar-refractivity contribution in [2.24, 2.45) is 16.7 Å². The summed E-state index contributed by atoms with van der Waals surface area (Å²) in [5, 5.41) is 41.3. The molecule has 1 saturated carbocycles. The van der Waals surface area contributed by atoms with Crippen LogP contribution in [-0.4, -0.2) is 15.7 Å². The van der Waals surface area contributed by atoms with Crippen LogP contribution in [0.3, 0.4) is 0 Å². The van der Waals surface area contributed by atoms with E-state index in [2.05, 4.69) is 5.32 Å². The van der Waals surface area contributed by atoms with Gasteiger partial charge in [0, 0.05) is 18.4 Å². The van der Waals surface area contributed by atoms with Gasteiger partial charge in [-0.2, -0.15) is 21.0 Å². The second-order valence-electron chi connectivity index (χ2n) is 6.09. The number of hydrogen-bond donors (Lipinski definition) is 1. The van der Waals surface area contributed by atoms with Gasteiger partial charge < -0.3 is 5.32 Å². The standard InChI is InChI=1S/C16H12Cl3N5O/c17-16(18,19)13(25)24-11-3-1-2-10-4-5-14(6-20,7-21)15(8-22,9-23)12(10)11/h4,11-12H,1-3,5H2,(H,24,25)/t11-,12+/m1/s1. The third-order valence-corrected chi connectivity index (χ3v) is 5.42. The zero-order valence-corrected chi connectivity index (χ0v) is 15.2. The zero-order valence-electron chi connectivity index (χ0n) is 12.9. The van der Waals surface area contributed by atoms with E-state index < -0.39 is 32.5 Å². The highest BCUT2D eigenvalue weighted by molar-refractivity contribution is 6.76. The van der Waals surface area contributed by atoms with Gasteiger partial charge in [0.1, 0.15) is 0 Å². The molecule has 25 heavy (non-hydrogen) atoms. The number of alkyl halides is 3. The summed E-state index contributed by atoms with van der Waals surface area (Å²) in [5.74, 6) is -1.70. The maximum absolute atomic E-state index is 12.1. The molecule has 0 aliphatic heterocycles. The molecule has 0 unspecified atom stereocenters. The van der Waals surface area contributed by atoms with Crippen LogP contribution >= 0.6 is 34.8 Å². The Labute approximate surface area is 160 Å². The summed E-state index contributed by atoms with van der Waals surface area (Å²) in [6.45, 7) is 0. The first-order chi connectivity index (χ1) is 11.7. The topological polar surface area (TPSA) is 124 Å². The second-order valence-corrected chi connectivity index (χ2v) is 8.37. The highest BCUT2D eigenvalue weighted by atomic mass is 35.6. The number of allylic oxidation sites excluding steroid dienone is 1. The summed E-state index contributed by atoms with van der Waals surface area (Å²) < 4.78 is -2.19. The molecule has 0 aromatic rings. The minimum atomic E-state index is -2.19. The Morgan fingerprint density at radius 3 is 2.24 bits per heavy atom. The fourth-order valence-electron chi connectivity index (χ4n) is 3.68. The molecule has 9 heteroatoms. The Hall–Kier alpha value is -1.96. The molecule has 0 aromatic carbocycles. The number of amides is 1. The Kier molecular flexibility index (Phi) is 5.22. The first kappa shape index (κ1) is 19.4. The molecule has 0 saturated heterocycles. The van der Waals surface area contributed by atoms with Crippen molar-refractivity contribution in [3.05, 3.63) is 11.6 Å². The lowest BCUT2D eigenvalue weighted by Gasteiger charge is -2.47. The molecule has 0 spiro atoms. The van der Waals surface area contributed by atoms with Gasteiger partial charge in [0.2, 0.25) is 0 Å². The lowest BCUT2D eigenvalue weighted by atomic mass is 9.50. The van der Waals surface area contributed by atoms with E-state index in [1.807, 2.05) is 24.3 Å². The van der Waals surface area contributed by atoms with Crippen LogP contribution in [0, 0.1) is 62.1 Å². The Morgan fingerprint density at radius 2 is 1.76 bits per heavy atom. The average Bonchev–Trinajstić information content (AvgIpc) is 2.60. The lowest BCUT2D eigenvalue weighted by Crippen LogP contribution is -2.57. The second kappa shape index (κ2) is 6.74. The summed E-state index contributed by atoms with van der Waals surface area (Å²) >= 11 is 16.8. The molecule has 128 valence electrons. The molecule has 2 atom stereocenters. The predicted octanol–water partition coefficient (Wildman–Crippen LogP) is 3.04. The van der Waals surface area contributed by atoms with Crippen molar-refractivity contribution in [3.63, 3.8) is 0 Å². The molecule has 0 heterocycles. The van der Waals surface area contributed by atoms with E-state index in [0.29, 0.717) is 19.3 Å². The predicted molar refractivity (Wildman–Crippen MR) is 89.6 cm³/mol. The molecule has 6 nitrogen and oxygen atoms in total. The van der Waals surface area contributed by atoms with Crippen molar-refractivity contribution in [1.82, 2.24) is 5.32 Å². The van der Waals surface area contributed by atoms with Crippen LogP contribution in [0.2, 0.25) is 0 Å². The SMILES string of the molecule is N#CC1(C#N)CC=C2CCC[C@@H](NC(=O)C(Cl)(Cl)Cl)[C@H]2C1(C#N)C#N. The third kappa shape index (κ3) is 2.92. The van der Waals surface area contributed by atoms with Crippen molar-refractivity contribution in [1.29, 1.82) is 21.0 Å². The van der Waals surface area contributed by atoms with Crippen LogP contribution < -0.4 is 5.32 Å². The maximum atomic E-state index is 12.1. The monoisotopic (exact) mass is 395 g/mol. The number of nitrogens with zero attached hydrogens (tertiary/aromatic N) is 4. The summed E-state index contributed by atoms with van der Waals surface area (Å²) in [5.41, 5.74) is -2.98. The van der Waals surface area contributed by atoms with Gasteiger partial charge >= 0.3 is 0 Å². The van der Waals surface area contributed by atoms with E-state index >= 15 is 0 Å². The Morgan fingerprint density at radius 1 is 1.16 bits per heavy atom. The maximum Gasteiger partial charge on any atom is 0.272 e. The fourth-order valence-corrected chi connectivity index (χ4v) is 3.84. The van der Waals surface area contributed by atoms with Crippen molar-refractivity contribution < 1.29 is 4.79 Å². The van der Waals surface area contributed by atoms with Gasteiger partial charge in [0.25, 0.3) is 9.70 Å². The fraction of sp³-hybridized carbons (Fsp3) is 0.562. The third-order valence-electron chi connectivity index (χ3n) is 4.90. The van der Waals surface area contributed by atoms with Crippen molar-refractivity contribution >= 4 is 40.7 Å². The van der Waals surface area contributed by atoms with Crippen molar-refractivity contribution in [2.45, 2.75) is 35.5 Å². The van der Waals surface area contributed by atoms with Crippen LogP contribution in [-0.2, 0) is 4.79 Å². The number of nitrogens with one attached hydrogen (secondary N) is 1. The highest BCUT2D eigenvalue weighted by Gasteiger charge is 2.64. The van der Waals surface area contributed by atoms with Gasteiger partial charge in [-0.3, -0.25) is 4.79 Å². The average molecular weight is 397 g/mol. The van der Waals surface area contributed by atoms with Crippen LogP contribution in [0.1, 0.15) is 25.7 Å². The first-order valence-electron chi connectivity index (χ1n) is 7.43. The summed E-state index contributed by atoms with van der Waals surface area (Å²) in [6, 6.07) is 6.83. The number of carbonyl (C=O) groups is 1. The largest absolute Gasteiger partial charge is 0.349 e. The highest BCUT2D eigenvalue weighted by Crippen LogP contribution is 2.56. The first-order valence-corrected chi connectivity index (χ1v) is 8.56. The number of nitriles is 4. The van der Waals surface area contributed by atoms with Gasteiger partial charge in [-0.25, -0.2) is 0 Å². The molecule has 2 aliphatic rings. The zero-order chi connectivity index (χ0) is 18.9. The van der Waals surface area contributed by atoms with Crippen molar-refractivity contribution in [2.75, 3.05) is 0 Å². The molecule has 0 bridgehead atoms. The van der Waals surface area contributed by atoms with Crippen LogP contribution in [0.4, 0.5) is 0 Å². The molecule has 0 radical (unpaired) electrons. The Balaban J connectivity index is 2.58. The summed E-state index contributed by atoms with van der Waals surface area (Å²) in [6.07, 6.45) is 3.46. The molecule has 2 aliphatic carbocycles. The van der Waals surface area contributed by atoms with Gasteiger partial charge in [-0.15, -0.1) is 0 Å². The molecular weight excluding hydrogens is 385 g/mol. The normalized spacial score (nSPS) is 26.4. The minimum absolute atomic E-state index is 0.0158. The van der Waals surface area contributed by atoms with Crippen LogP contribution in [0.25, 0.3) is 0 Å². The van der Waals surface area contributed by atoms with Crippen LogP contribution in [0.15, 0.2) is 11.6 Å². The van der Waals surface area contributed by atoms with Crippen LogP contribution in [0.5, 0.6) is 0 Å². The van der Waals surface area contributed by atoms with Gasteiger partial charge in [-0.05, 0) is 19.3 Å². The van der Waals surface area contributed by atoms with E-state index in [4.69, 9.17) is 34.8 Å². The molecule has 0 aromatic heterocycles. The van der Waals surface area contributed by atoms with Gasteiger partial charge in [0.05, 0.1) is 24.3 Å². The van der Waals surface area contributed by atoms with E-state index in [1.165, 1.54) is 0 Å². The van der Waals surface area contributed by atoms with E-state index in [0.717, 1.165) is 5.57 Å². The molecule has 1 N–H and O–H groups in total. The molecule has 1 fully saturated rings. The van der Waals surface area contributed by atoms with Crippen molar-refractivity contribution in [3.8, 4) is 24.3 Å². The quantitative estimate of drug-likeness (QED) is 0.538. The number of rotatable bonds is 1. The summed E-state index contributed by atoms with van der Waals surface area (Å²) in [4.78, 5) is 12.1. The molecule has 1 amide bonds. The Bertz CT molecular complexity index is 759. The minimum Gasteiger partial charge on any atom is -0.349 e. The van der Waals surface area contributed by atoms with E-state index in [9.17, 15) is 25.8 Å². The van der Waals surface area contributed by atoms with Gasteiger partial charge in [-0.1, -0.05) is 46.5 Å². The number of carbonyl (C=O) groups excluding carboxylic acids is 1. The van der Waals surface area contributed by atoms with E-state index in [1.54, 1.807) is 6.08 Å².